The van der Waals surface area contributed by atoms with Gasteiger partial charge in [0.15, 0.2) is 0 Å². The van der Waals surface area contributed by atoms with Crippen molar-refractivity contribution < 1.29 is 14.7 Å². The Morgan fingerprint density at radius 1 is 0.952 bits per heavy atom. The van der Waals surface area contributed by atoms with Crippen LogP contribution in [0.15, 0.2) is 60.7 Å². The fourth-order valence-corrected chi connectivity index (χ4v) is 1.95. The number of anilines is 1. The van der Waals surface area contributed by atoms with Crippen LogP contribution in [-0.2, 0) is 4.79 Å². The molecular formula is C16H15N2O3-. The lowest BCUT2D eigenvalue weighted by atomic mass is 10.0. The molecule has 0 radical (unpaired) electrons. The summed E-state index contributed by atoms with van der Waals surface area (Å²) in [5.41, 5.74) is 1.35. The predicted molar refractivity (Wildman–Crippen MR) is 77.4 cm³/mol. The SMILES string of the molecule is O=C([O-])C[C@H](NC(=O)Nc1ccccc1)c1ccccc1. The zero-order chi connectivity index (χ0) is 15.1. The minimum atomic E-state index is -1.22. The fourth-order valence-electron chi connectivity index (χ4n) is 1.95. The van der Waals surface area contributed by atoms with Crippen LogP contribution in [0.2, 0.25) is 0 Å². The lowest BCUT2D eigenvalue weighted by molar-refractivity contribution is -0.306. The Kier molecular flexibility index (Phi) is 4.93. The second-order valence-corrected chi connectivity index (χ2v) is 4.50. The molecular weight excluding hydrogens is 268 g/mol. The molecule has 0 aliphatic rings. The van der Waals surface area contributed by atoms with Crippen LogP contribution >= 0.6 is 0 Å². The number of benzene rings is 2. The quantitative estimate of drug-likeness (QED) is 0.876. The van der Waals surface area contributed by atoms with E-state index in [9.17, 15) is 14.7 Å². The summed E-state index contributed by atoms with van der Waals surface area (Å²) in [6.45, 7) is 0. The van der Waals surface area contributed by atoms with Gasteiger partial charge >= 0.3 is 6.03 Å². The number of urea groups is 1. The molecule has 0 unspecified atom stereocenters. The molecule has 5 nitrogen and oxygen atoms in total. The van der Waals surface area contributed by atoms with Gasteiger partial charge in [0, 0.05) is 18.1 Å². The summed E-state index contributed by atoms with van der Waals surface area (Å²) in [5.74, 6) is -1.22. The van der Waals surface area contributed by atoms with Crippen LogP contribution in [0.1, 0.15) is 18.0 Å². The smallest absolute Gasteiger partial charge is 0.319 e. The van der Waals surface area contributed by atoms with E-state index in [1.165, 1.54) is 0 Å². The number of hydrogen-bond acceptors (Lipinski definition) is 3. The van der Waals surface area contributed by atoms with Crippen molar-refractivity contribution in [1.29, 1.82) is 0 Å². The molecule has 0 heterocycles. The summed E-state index contributed by atoms with van der Waals surface area (Å²) in [6, 6.07) is 16.7. The Bertz CT molecular complexity index is 599. The van der Waals surface area contributed by atoms with Crippen LogP contribution in [0.25, 0.3) is 0 Å². The highest BCUT2D eigenvalue weighted by Gasteiger charge is 2.14. The molecule has 1 atom stereocenters. The molecule has 2 amide bonds. The number of aliphatic carboxylic acids is 1. The number of carboxylic acids is 1. The minimum Gasteiger partial charge on any atom is -0.550 e. The summed E-state index contributed by atoms with van der Waals surface area (Å²) in [7, 11) is 0. The number of carboxylic acid groups (broad SMARTS) is 1. The number of nitrogens with one attached hydrogen (secondary N) is 2. The third kappa shape index (κ3) is 4.65. The molecule has 2 N–H and O–H groups in total. The van der Waals surface area contributed by atoms with Crippen LogP contribution in [0.5, 0.6) is 0 Å². The third-order valence-electron chi connectivity index (χ3n) is 2.91. The first-order chi connectivity index (χ1) is 10.1. The highest BCUT2D eigenvalue weighted by Crippen LogP contribution is 2.16. The van der Waals surface area contributed by atoms with Gasteiger partial charge in [-0.05, 0) is 17.7 Å². The number of para-hydroxylation sites is 1. The molecule has 2 aromatic rings. The molecule has 5 heteroatoms. The molecule has 0 aliphatic carbocycles. The van der Waals surface area contributed by atoms with Crippen molar-refractivity contribution in [3.8, 4) is 0 Å². The van der Waals surface area contributed by atoms with Crippen molar-refractivity contribution in [1.82, 2.24) is 5.32 Å². The first kappa shape index (κ1) is 14.6. The van der Waals surface area contributed by atoms with E-state index < -0.39 is 18.0 Å². The first-order valence-electron chi connectivity index (χ1n) is 6.52. The molecule has 2 aromatic carbocycles. The number of hydrogen-bond donors (Lipinski definition) is 2. The molecule has 0 saturated heterocycles. The molecule has 0 bridgehead atoms. The largest absolute Gasteiger partial charge is 0.550 e. The minimum absolute atomic E-state index is 0.285. The van der Waals surface area contributed by atoms with Gasteiger partial charge in [0.2, 0.25) is 0 Å². The van der Waals surface area contributed by atoms with Crippen molar-refractivity contribution in [2.24, 2.45) is 0 Å². The van der Waals surface area contributed by atoms with Crippen LogP contribution in [0, 0.1) is 0 Å². The first-order valence-corrected chi connectivity index (χ1v) is 6.52. The lowest BCUT2D eigenvalue weighted by Gasteiger charge is -2.20. The molecule has 2 rings (SSSR count). The molecule has 0 fully saturated rings. The molecule has 0 spiro atoms. The Labute approximate surface area is 122 Å². The van der Waals surface area contributed by atoms with Gasteiger partial charge in [-0.3, -0.25) is 0 Å². The summed E-state index contributed by atoms with van der Waals surface area (Å²) in [6.07, 6.45) is -0.285. The van der Waals surface area contributed by atoms with Crippen molar-refractivity contribution in [2.75, 3.05) is 5.32 Å². The second kappa shape index (κ2) is 7.09. The Morgan fingerprint density at radius 2 is 1.52 bits per heavy atom. The van der Waals surface area contributed by atoms with Gasteiger partial charge < -0.3 is 20.5 Å². The molecule has 0 aliphatic heterocycles. The van der Waals surface area contributed by atoms with Crippen molar-refractivity contribution in [3.05, 3.63) is 66.2 Å². The van der Waals surface area contributed by atoms with Gasteiger partial charge in [-0.1, -0.05) is 48.5 Å². The average molecular weight is 283 g/mol. The Morgan fingerprint density at radius 3 is 2.10 bits per heavy atom. The van der Waals surface area contributed by atoms with E-state index in [0.717, 1.165) is 0 Å². The van der Waals surface area contributed by atoms with E-state index >= 15 is 0 Å². The maximum absolute atomic E-state index is 11.9. The molecule has 0 saturated carbocycles. The third-order valence-corrected chi connectivity index (χ3v) is 2.91. The van der Waals surface area contributed by atoms with Gasteiger partial charge in [-0.2, -0.15) is 0 Å². The molecule has 21 heavy (non-hydrogen) atoms. The highest BCUT2D eigenvalue weighted by molar-refractivity contribution is 5.89. The predicted octanol–water partition coefficient (Wildman–Crippen LogP) is 1.69. The Hall–Kier alpha value is -2.82. The van der Waals surface area contributed by atoms with Crippen molar-refractivity contribution in [2.45, 2.75) is 12.5 Å². The average Bonchev–Trinajstić information content (AvgIpc) is 2.48. The topological polar surface area (TPSA) is 81.3 Å². The summed E-state index contributed by atoms with van der Waals surface area (Å²) < 4.78 is 0. The van der Waals surface area contributed by atoms with Crippen molar-refractivity contribution in [3.63, 3.8) is 0 Å². The molecule has 108 valence electrons. The standard InChI is InChI=1S/C16H16N2O3/c19-15(20)11-14(12-7-3-1-4-8-12)18-16(21)17-13-9-5-2-6-10-13/h1-10,14H,11H2,(H,19,20)(H2,17,18,21)/p-1/t14-/m0/s1. The van der Waals surface area contributed by atoms with Gasteiger partial charge in [0.05, 0.1) is 6.04 Å². The second-order valence-electron chi connectivity index (χ2n) is 4.50. The maximum atomic E-state index is 11.9. The monoisotopic (exact) mass is 283 g/mol. The normalized spacial score (nSPS) is 11.4. The van der Waals surface area contributed by atoms with Crippen molar-refractivity contribution >= 4 is 17.7 Å². The lowest BCUT2D eigenvalue weighted by Crippen LogP contribution is -2.36. The van der Waals surface area contributed by atoms with Gasteiger partial charge in [-0.15, -0.1) is 0 Å². The van der Waals surface area contributed by atoms with E-state index in [1.54, 1.807) is 48.5 Å². The number of amides is 2. The zero-order valence-corrected chi connectivity index (χ0v) is 11.3. The van der Waals surface area contributed by atoms with E-state index in [2.05, 4.69) is 10.6 Å². The fraction of sp³-hybridized carbons (Fsp3) is 0.125. The summed E-state index contributed by atoms with van der Waals surface area (Å²) >= 11 is 0. The van der Waals surface area contributed by atoms with Gasteiger partial charge in [0.25, 0.3) is 0 Å². The highest BCUT2D eigenvalue weighted by atomic mass is 16.4. The van der Waals surface area contributed by atoms with Gasteiger partial charge in [-0.25, -0.2) is 4.79 Å². The van der Waals surface area contributed by atoms with Crippen LogP contribution < -0.4 is 15.7 Å². The number of rotatable bonds is 5. The van der Waals surface area contributed by atoms with Crippen LogP contribution in [-0.4, -0.2) is 12.0 Å². The summed E-state index contributed by atoms with van der Waals surface area (Å²) in [5, 5.41) is 16.1. The van der Waals surface area contributed by atoms with Crippen LogP contribution in [0.3, 0.4) is 0 Å². The molecule has 0 aromatic heterocycles. The van der Waals surface area contributed by atoms with E-state index in [0.29, 0.717) is 11.3 Å². The Balaban J connectivity index is 2.05. The van der Waals surface area contributed by atoms with E-state index in [1.807, 2.05) is 12.1 Å². The maximum Gasteiger partial charge on any atom is 0.319 e. The number of carbonyl (C=O) groups is 2. The summed E-state index contributed by atoms with van der Waals surface area (Å²) in [4.78, 5) is 22.8. The van der Waals surface area contributed by atoms with Gasteiger partial charge in [0.1, 0.15) is 0 Å². The zero-order valence-electron chi connectivity index (χ0n) is 11.3. The van der Waals surface area contributed by atoms with E-state index in [-0.39, 0.29) is 6.42 Å². The van der Waals surface area contributed by atoms with E-state index in [4.69, 9.17) is 0 Å². The number of carbonyl (C=O) groups excluding carboxylic acids is 2. The van der Waals surface area contributed by atoms with Crippen LogP contribution in [0.4, 0.5) is 10.5 Å².